The van der Waals surface area contributed by atoms with E-state index in [0.29, 0.717) is 0 Å². The molecule has 0 aromatic carbocycles. The molecule has 0 N–H and O–H groups in total. The van der Waals surface area contributed by atoms with E-state index in [9.17, 15) is 0 Å². The maximum absolute atomic E-state index is 3.78. The van der Waals surface area contributed by atoms with Crippen molar-refractivity contribution in [1.82, 2.24) is 0 Å². The molecule has 0 aliphatic heterocycles. The van der Waals surface area contributed by atoms with E-state index < -0.39 is 0 Å². The number of hydrogen-bond donors (Lipinski definition) is 0. The standard InChI is InChI=1S/C8H14.6CH4.2Sn/c1-2-8-6-4-3-5-7-8;;;;;;;;/h2,8H,1,3-7H2;6*1H4;;. The first-order valence-electron chi connectivity index (χ1n) is 3.56. The molecule has 16 heavy (non-hydrogen) atoms. The van der Waals surface area contributed by atoms with Crippen LogP contribution in [0, 0.1) is 5.92 Å². The minimum atomic E-state index is 0. The Morgan fingerprint density at radius 2 is 1.00 bits per heavy atom. The summed E-state index contributed by atoms with van der Waals surface area (Å²) in [5, 5.41) is 0. The van der Waals surface area contributed by atoms with E-state index in [4.69, 9.17) is 0 Å². The first-order valence-corrected chi connectivity index (χ1v) is 3.56. The Kier molecular flexibility index (Phi) is 119. The average Bonchev–Trinajstić information content (AvgIpc) is 1.90. The summed E-state index contributed by atoms with van der Waals surface area (Å²) < 4.78 is 0. The molecule has 0 aromatic heterocycles. The van der Waals surface area contributed by atoms with Gasteiger partial charge in [0.05, 0.1) is 0 Å². The molecule has 0 nitrogen and oxygen atoms in total. The van der Waals surface area contributed by atoms with Gasteiger partial charge in [-0.2, -0.15) is 0 Å². The molecular formula is C14H38Sn2. The van der Waals surface area contributed by atoms with Gasteiger partial charge in [-0.15, -0.1) is 6.58 Å². The van der Waals surface area contributed by atoms with Crippen molar-refractivity contribution in [3.05, 3.63) is 12.7 Å². The Bertz CT molecular complexity index is 76.8. The molecule has 1 saturated carbocycles. The van der Waals surface area contributed by atoms with Gasteiger partial charge >= 0.3 is 0 Å². The molecule has 1 fully saturated rings. The second kappa shape index (κ2) is 36.0. The van der Waals surface area contributed by atoms with Crippen LogP contribution in [0.15, 0.2) is 12.7 Å². The summed E-state index contributed by atoms with van der Waals surface area (Å²) >= 11 is 0. The summed E-state index contributed by atoms with van der Waals surface area (Å²) in [6.45, 7) is 3.78. The quantitative estimate of drug-likeness (QED) is 0.354. The Balaban J connectivity index is -0.0000000133. The van der Waals surface area contributed by atoms with Crippen LogP contribution < -0.4 is 0 Å². The van der Waals surface area contributed by atoms with Gasteiger partial charge in [0.15, 0.2) is 0 Å². The summed E-state index contributed by atoms with van der Waals surface area (Å²) in [6.07, 6.45) is 9.20. The van der Waals surface area contributed by atoms with Crippen LogP contribution in [0.5, 0.6) is 0 Å². The van der Waals surface area contributed by atoms with Gasteiger partial charge in [-0.25, -0.2) is 0 Å². The third-order valence-electron chi connectivity index (χ3n) is 1.98. The van der Waals surface area contributed by atoms with E-state index in [1.54, 1.807) is 0 Å². The normalized spacial score (nSPS) is 11.5. The van der Waals surface area contributed by atoms with Crippen molar-refractivity contribution in [2.45, 2.75) is 76.7 Å². The Morgan fingerprint density at radius 1 is 0.688 bits per heavy atom. The zero-order valence-electron chi connectivity index (χ0n) is 6.40. The van der Waals surface area contributed by atoms with Crippen LogP contribution in [0.1, 0.15) is 76.7 Å². The number of hydrogen-bond acceptors (Lipinski definition) is 0. The van der Waals surface area contributed by atoms with Crippen LogP contribution in [-0.4, -0.2) is 47.8 Å². The van der Waals surface area contributed by atoms with Crippen molar-refractivity contribution in [2.75, 3.05) is 0 Å². The largest absolute Gasteiger partial charge is 0.103 e. The first-order chi connectivity index (χ1) is 3.93. The number of allylic oxidation sites excluding steroid dienone is 1. The van der Waals surface area contributed by atoms with Crippen LogP contribution in [0.4, 0.5) is 0 Å². The molecule has 0 atom stereocenters. The monoisotopic (exact) mass is 446 g/mol. The van der Waals surface area contributed by atoms with Crippen molar-refractivity contribution < 1.29 is 0 Å². The van der Waals surface area contributed by atoms with Crippen LogP contribution in [-0.2, 0) is 0 Å². The molecule has 0 aromatic rings. The minimum absolute atomic E-state index is 0. The number of rotatable bonds is 1. The summed E-state index contributed by atoms with van der Waals surface area (Å²) in [7, 11) is 0. The maximum atomic E-state index is 3.78. The fraction of sp³-hybridized carbons (Fsp3) is 0.857. The fourth-order valence-corrected chi connectivity index (χ4v) is 1.37. The van der Waals surface area contributed by atoms with Gasteiger partial charge in [0.25, 0.3) is 0 Å². The SMILES string of the molecule is C.C.C.C.C.C.C=CC1CCCCC1.[Sn].[Sn]. The minimum Gasteiger partial charge on any atom is -0.103 e. The van der Waals surface area contributed by atoms with Crippen molar-refractivity contribution in [2.24, 2.45) is 5.92 Å². The smallest absolute Gasteiger partial charge is 0 e. The van der Waals surface area contributed by atoms with Crippen molar-refractivity contribution in [3.63, 3.8) is 0 Å². The fourth-order valence-electron chi connectivity index (χ4n) is 1.37. The summed E-state index contributed by atoms with van der Waals surface area (Å²) in [5.74, 6) is 0.851. The molecule has 2 heteroatoms. The van der Waals surface area contributed by atoms with Crippen LogP contribution in [0.2, 0.25) is 0 Å². The first kappa shape index (κ1) is 53.1. The molecular weight excluding hydrogens is 406 g/mol. The van der Waals surface area contributed by atoms with Crippen molar-refractivity contribution in [3.8, 4) is 0 Å². The van der Waals surface area contributed by atoms with E-state index in [1.807, 2.05) is 0 Å². The molecule has 102 valence electrons. The average molecular weight is 444 g/mol. The predicted octanol–water partition coefficient (Wildman–Crippen LogP) is 5.81. The van der Waals surface area contributed by atoms with Gasteiger partial charge in [0, 0.05) is 47.8 Å². The molecule has 0 bridgehead atoms. The van der Waals surface area contributed by atoms with Gasteiger partial charge in [-0.1, -0.05) is 69.9 Å². The Labute approximate surface area is 142 Å². The topological polar surface area (TPSA) is 0 Å². The molecule has 0 amide bonds. The third kappa shape index (κ3) is 24.5. The molecule has 1 rings (SSSR count). The molecule has 0 heterocycles. The van der Waals surface area contributed by atoms with Crippen LogP contribution >= 0.6 is 0 Å². The van der Waals surface area contributed by atoms with Gasteiger partial charge in [-0.3, -0.25) is 0 Å². The zero-order valence-corrected chi connectivity index (χ0v) is 12.1. The molecule has 0 unspecified atom stereocenters. The molecule has 1 aliphatic rings. The van der Waals surface area contributed by atoms with Gasteiger partial charge < -0.3 is 0 Å². The van der Waals surface area contributed by atoms with E-state index >= 15 is 0 Å². The van der Waals surface area contributed by atoms with Crippen molar-refractivity contribution >= 4 is 47.8 Å². The van der Waals surface area contributed by atoms with Gasteiger partial charge in [0.1, 0.15) is 0 Å². The van der Waals surface area contributed by atoms with Crippen LogP contribution in [0.3, 0.4) is 0 Å². The Morgan fingerprint density at radius 3 is 1.19 bits per heavy atom. The molecule has 8 radical (unpaired) electrons. The van der Waals surface area contributed by atoms with Crippen molar-refractivity contribution in [1.29, 1.82) is 0 Å². The molecule has 0 spiro atoms. The Hall–Kier alpha value is 1.34. The van der Waals surface area contributed by atoms with Crippen LogP contribution in [0.25, 0.3) is 0 Å². The predicted molar refractivity (Wildman–Crippen MR) is 88.7 cm³/mol. The second-order valence-corrected chi connectivity index (χ2v) is 2.63. The van der Waals surface area contributed by atoms with E-state index in [-0.39, 0.29) is 92.4 Å². The van der Waals surface area contributed by atoms with E-state index in [2.05, 4.69) is 12.7 Å². The third-order valence-corrected chi connectivity index (χ3v) is 1.98. The summed E-state index contributed by atoms with van der Waals surface area (Å²) in [6, 6.07) is 0. The molecule has 0 saturated heterocycles. The van der Waals surface area contributed by atoms with Gasteiger partial charge in [-0.05, 0) is 18.8 Å². The zero-order chi connectivity index (χ0) is 5.82. The van der Waals surface area contributed by atoms with E-state index in [1.165, 1.54) is 32.1 Å². The summed E-state index contributed by atoms with van der Waals surface area (Å²) in [5.41, 5.74) is 0. The second-order valence-electron chi connectivity index (χ2n) is 2.63. The molecule has 1 aliphatic carbocycles. The van der Waals surface area contributed by atoms with Gasteiger partial charge in [0.2, 0.25) is 0 Å². The maximum Gasteiger partial charge on any atom is 0 e. The van der Waals surface area contributed by atoms with E-state index in [0.717, 1.165) is 5.92 Å². The summed E-state index contributed by atoms with van der Waals surface area (Å²) in [4.78, 5) is 0.